The lowest BCUT2D eigenvalue weighted by Gasteiger charge is -2.22. The van der Waals surface area contributed by atoms with Crippen molar-refractivity contribution in [1.82, 2.24) is 9.88 Å². The maximum atomic E-state index is 13.3. The molecule has 1 aromatic carbocycles. The van der Waals surface area contributed by atoms with Crippen molar-refractivity contribution in [1.29, 1.82) is 0 Å². The average molecular weight is 342 g/mol. The van der Waals surface area contributed by atoms with Crippen LogP contribution in [-0.2, 0) is 6.42 Å². The summed E-state index contributed by atoms with van der Waals surface area (Å²) in [6.07, 6.45) is 2.45. The first-order valence-electron chi connectivity index (χ1n) is 8.22. The van der Waals surface area contributed by atoms with E-state index in [4.69, 9.17) is 5.11 Å². The number of aryl methyl sites for hydroxylation is 1. The Kier molecular flexibility index (Phi) is 4.79. The molecule has 130 valence electrons. The zero-order chi connectivity index (χ0) is 18.0. The van der Waals surface area contributed by atoms with Gasteiger partial charge in [0.2, 0.25) is 0 Å². The van der Waals surface area contributed by atoms with Crippen LogP contribution in [0.2, 0.25) is 0 Å². The van der Waals surface area contributed by atoms with Crippen LogP contribution in [0.4, 0.5) is 4.39 Å². The Labute approximate surface area is 145 Å². The van der Waals surface area contributed by atoms with Crippen LogP contribution in [-0.4, -0.2) is 39.5 Å². The summed E-state index contributed by atoms with van der Waals surface area (Å²) < 4.78 is 13.3. The predicted molar refractivity (Wildman–Crippen MR) is 90.1 cm³/mol. The summed E-state index contributed by atoms with van der Waals surface area (Å²) in [6.45, 7) is 2.06. The Bertz CT molecular complexity index is 818. The van der Waals surface area contributed by atoms with Gasteiger partial charge >= 0.3 is 5.97 Å². The molecule has 1 saturated carbocycles. The van der Waals surface area contributed by atoms with E-state index in [-0.39, 0.29) is 29.0 Å². The molecule has 0 saturated heterocycles. The molecule has 0 atom stereocenters. The van der Waals surface area contributed by atoms with Crippen LogP contribution in [0.25, 0.3) is 0 Å². The van der Waals surface area contributed by atoms with Crippen LogP contribution in [0, 0.1) is 12.7 Å². The summed E-state index contributed by atoms with van der Waals surface area (Å²) >= 11 is 0. The molecule has 1 aliphatic carbocycles. The summed E-state index contributed by atoms with van der Waals surface area (Å²) in [5.41, 5.74) is 1.49. The van der Waals surface area contributed by atoms with E-state index in [1.807, 2.05) is 6.07 Å². The van der Waals surface area contributed by atoms with E-state index < -0.39 is 5.97 Å². The number of hydrogen-bond acceptors (Lipinski definition) is 3. The van der Waals surface area contributed by atoms with E-state index in [9.17, 15) is 14.0 Å². The molecule has 2 aromatic rings. The molecule has 0 unspecified atom stereocenters. The number of benzene rings is 1. The highest BCUT2D eigenvalue weighted by Crippen LogP contribution is 2.28. The molecular weight excluding hydrogens is 323 g/mol. The summed E-state index contributed by atoms with van der Waals surface area (Å²) in [5.74, 6) is -1.56. The average Bonchev–Trinajstić information content (AvgIpc) is 3.39. The summed E-state index contributed by atoms with van der Waals surface area (Å²) in [4.78, 5) is 29.8. The van der Waals surface area contributed by atoms with Crippen molar-refractivity contribution in [2.45, 2.75) is 32.2 Å². The monoisotopic (exact) mass is 342 g/mol. The number of halogens is 1. The summed E-state index contributed by atoms with van der Waals surface area (Å²) in [5, 5.41) is 9.07. The topological polar surface area (TPSA) is 70.5 Å². The Balaban J connectivity index is 1.75. The quantitative estimate of drug-likeness (QED) is 0.876. The zero-order valence-electron chi connectivity index (χ0n) is 13.9. The fourth-order valence-corrected chi connectivity index (χ4v) is 2.83. The molecule has 25 heavy (non-hydrogen) atoms. The van der Waals surface area contributed by atoms with Crippen LogP contribution < -0.4 is 0 Å². The van der Waals surface area contributed by atoms with Gasteiger partial charge in [-0.15, -0.1) is 0 Å². The molecule has 1 aliphatic rings. The van der Waals surface area contributed by atoms with E-state index in [1.54, 1.807) is 17.9 Å². The zero-order valence-corrected chi connectivity index (χ0v) is 13.9. The lowest BCUT2D eigenvalue weighted by atomic mass is 10.1. The minimum atomic E-state index is -1.06. The second-order valence-electron chi connectivity index (χ2n) is 6.24. The highest BCUT2D eigenvalue weighted by Gasteiger charge is 2.33. The fourth-order valence-electron chi connectivity index (χ4n) is 2.83. The number of amides is 1. The number of rotatable bonds is 6. The van der Waals surface area contributed by atoms with Crippen molar-refractivity contribution < 1.29 is 19.1 Å². The van der Waals surface area contributed by atoms with E-state index >= 15 is 0 Å². The van der Waals surface area contributed by atoms with Gasteiger partial charge in [-0.05, 0) is 56.0 Å². The molecule has 0 radical (unpaired) electrons. The van der Waals surface area contributed by atoms with Crippen LogP contribution >= 0.6 is 0 Å². The number of aromatic nitrogens is 1. The Morgan fingerprint density at radius 3 is 2.64 bits per heavy atom. The van der Waals surface area contributed by atoms with Gasteiger partial charge in [-0.2, -0.15) is 0 Å². The third-order valence-corrected chi connectivity index (χ3v) is 4.31. The van der Waals surface area contributed by atoms with Gasteiger partial charge in [0, 0.05) is 12.6 Å². The number of carbonyl (C=O) groups excluding carboxylic acids is 1. The Morgan fingerprint density at radius 1 is 1.28 bits per heavy atom. The molecule has 3 rings (SSSR count). The molecule has 1 N–H and O–H groups in total. The summed E-state index contributed by atoms with van der Waals surface area (Å²) in [6, 6.07) is 9.41. The van der Waals surface area contributed by atoms with Crippen molar-refractivity contribution >= 4 is 11.9 Å². The molecule has 0 spiro atoms. The molecule has 1 fully saturated rings. The highest BCUT2D eigenvalue weighted by molar-refractivity contribution is 5.94. The molecule has 6 heteroatoms. The van der Waals surface area contributed by atoms with E-state index in [0.29, 0.717) is 18.7 Å². The van der Waals surface area contributed by atoms with Crippen molar-refractivity contribution in [2.24, 2.45) is 0 Å². The minimum Gasteiger partial charge on any atom is -0.478 e. The molecule has 1 heterocycles. The Hall–Kier alpha value is -2.76. The fraction of sp³-hybridized carbons (Fsp3) is 0.316. The third-order valence-electron chi connectivity index (χ3n) is 4.31. The van der Waals surface area contributed by atoms with Crippen molar-refractivity contribution in [3.63, 3.8) is 0 Å². The number of carboxylic acids is 1. The maximum absolute atomic E-state index is 13.3. The number of nitrogens with zero attached hydrogens (tertiary/aromatic N) is 2. The number of carbonyl (C=O) groups is 2. The predicted octanol–water partition coefficient (Wildman–Crippen LogP) is 3.07. The largest absolute Gasteiger partial charge is 0.478 e. The molecule has 5 nitrogen and oxygen atoms in total. The van der Waals surface area contributed by atoms with Gasteiger partial charge in [-0.3, -0.25) is 4.79 Å². The SMILES string of the molecule is Cc1nc(C(=O)N(CCc2cccc(F)c2)C2CC2)ccc1C(=O)O. The molecule has 1 amide bonds. The number of aromatic carboxylic acids is 1. The van der Waals surface area contributed by atoms with Crippen LogP contribution in [0.15, 0.2) is 36.4 Å². The first-order valence-corrected chi connectivity index (χ1v) is 8.22. The lowest BCUT2D eigenvalue weighted by Crippen LogP contribution is -2.35. The van der Waals surface area contributed by atoms with Gasteiger partial charge in [-0.25, -0.2) is 14.2 Å². The van der Waals surface area contributed by atoms with Crippen molar-refractivity contribution in [3.05, 3.63) is 64.7 Å². The van der Waals surface area contributed by atoms with E-state index in [0.717, 1.165) is 18.4 Å². The molecular formula is C19H19FN2O3. The van der Waals surface area contributed by atoms with Gasteiger partial charge in [-0.1, -0.05) is 12.1 Å². The highest BCUT2D eigenvalue weighted by atomic mass is 19.1. The minimum absolute atomic E-state index is 0.0919. The second-order valence-corrected chi connectivity index (χ2v) is 6.24. The van der Waals surface area contributed by atoms with Crippen molar-refractivity contribution in [2.75, 3.05) is 6.54 Å². The smallest absolute Gasteiger partial charge is 0.337 e. The summed E-state index contributed by atoms with van der Waals surface area (Å²) in [7, 11) is 0. The maximum Gasteiger partial charge on any atom is 0.337 e. The van der Waals surface area contributed by atoms with Crippen LogP contribution in [0.1, 0.15) is 44.9 Å². The van der Waals surface area contributed by atoms with Gasteiger partial charge < -0.3 is 10.0 Å². The molecule has 0 bridgehead atoms. The van der Waals surface area contributed by atoms with Gasteiger partial charge in [0.1, 0.15) is 11.5 Å². The Morgan fingerprint density at radius 2 is 2.04 bits per heavy atom. The molecule has 1 aromatic heterocycles. The van der Waals surface area contributed by atoms with Gasteiger partial charge in [0.25, 0.3) is 5.91 Å². The third kappa shape index (κ3) is 4.02. The van der Waals surface area contributed by atoms with E-state index in [2.05, 4.69) is 4.98 Å². The van der Waals surface area contributed by atoms with Crippen LogP contribution in [0.5, 0.6) is 0 Å². The lowest BCUT2D eigenvalue weighted by molar-refractivity contribution is 0.0690. The normalized spacial score (nSPS) is 13.5. The van der Waals surface area contributed by atoms with Crippen LogP contribution in [0.3, 0.4) is 0 Å². The van der Waals surface area contributed by atoms with Crippen molar-refractivity contribution in [3.8, 4) is 0 Å². The molecule has 0 aliphatic heterocycles. The standard InChI is InChI=1S/C19H19FN2O3/c1-12-16(19(24)25)7-8-17(21-12)18(23)22(15-5-6-15)10-9-13-3-2-4-14(20)11-13/h2-4,7-8,11,15H,5-6,9-10H2,1H3,(H,24,25). The second kappa shape index (κ2) is 7.01. The van der Waals surface area contributed by atoms with Gasteiger partial charge in [0.15, 0.2) is 0 Å². The number of carboxylic acid groups (broad SMARTS) is 1. The first-order chi connectivity index (χ1) is 12.0. The van der Waals surface area contributed by atoms with E-state index in [1.165, 1.54) is 24.3 Å². The number of pyridine rings is 1. The van der Waals surface area contributed by atoms with Gasteiger partial charge in [0.05, 0.1) is 11.3 Å². The number of hydrogen-bond donors (Lipinski definition) is 1. The first kappa shape index (κ1) is 17.1.